The lowest BCUT2D eigenvalue weighted by atomic mass is 10.2. The number of aromatic nitrogens is 1. The fourth-order valence-corrected chi connectivity index (χ4v) is 4.95. The first-order valence-electron chi connectivity index (χ1n) is 10.8. The van der Waals surface area contributed by atoms with Crippen LogP contribution in [0.15, 0.2) is 93.3 Å². The molecule has 1 aromatic heterocycles. The second-order valence-electron chi connectivity index (χ2n) is 7.81. The van der Waals surface area contributed by atoms with Crippen LogP contribution in [0.2, 0.25) is 0 Å². The van der Waals surface area contributed by atoms with Gasteiger partial charge in [0.25, 0.3) is 0 Å². The molecule has 3 aromatic carbocycles. The summed E-state index contributed by atoms with van der Waals surface area (Å²) in [5, 5.41) is 20.5. The third-order valence-corrected chi connectivity index (χ3v) is 7.38. The van der Waals surface area contributed by atoms with Gasteiger partial charge < -0.3 is 9.84 Å². The van der Waals surface area contributed by atoms with E-state index < -0.39 is 22.0 Å². The maximum atomic E-state index is 12.5. The monoisotopic (exact) mass is 522 g/mol. The minimum Gasteiger partial charge on any atom is -0.506 e. The van der Waals surface area contributed by atoms with Crippen LogP contribution in [0.5, 0.6) is 11.6 Å². The standard InChI is InChI=1S/C25H22N4O5S2/c1-16-8-11-20(12-9-16)36(32,33)29-17(2)25(31)34-23-15-35-24(26-23)18-10-13-21(22(30)14-18)28-27-19-6-4-3-5-7-19/h3-15,17,29-30H,1-2H3/t17-/m0/s1. The van der Waals surface area contributed by atoms with Gasteiger partial charge in [0.1, 0.15) is 22.5 Å². The molecular weight excluding hydrogens is 500 g/mol. The van der Waals surface area contributed by atoms with Crippen molar-refractivity contribution in [3.63, 3.8) is 0 Å². The number of sulfonamides is 1. The quantitative estimate of drug-likeness (QED) is 0.232. The number of rotatable bonds is 8. The molecule has 0 aliphatic carbocycles. The van der Waals surface area contributed by atoms with Gasteiger partial charge >= 0.3 is 5.97 Å². The van der Waals surface area contributed by atoms with Gasteiger partial charge in [-0.3, -0.25) is 0 Å². The highest BCUT2D eigenvalue weighted by Gasteiger charge is 2.24. The molecule has 0 saturated carbocycles. The SMILES string of the molecule is Cc1ccc(S(=O)(=O)N[C@@H](C)C(=O)Oc2csc(-c3ccc(N=Nc4ccccc4)c(O)c3)n2)cc1. The van der Waals surface area contributed by atoms with E-state index in [2.05, 4.69) is 19.9 Å². The first kappa shape index (κ1) is 25.2. The number of azo groups is 1. The summed E-state index contributed by atoms with van der Waals surface area (Å²) >= 11 is 1.20. The molecule has 184 valence electrons. The van der Waals surface area contributed by atoms with Gasteiger partial charge in [0.2, 0.25) is 15.9 Å². The van der Waals surface area contributed by atoms with E-state index >= 15 is 0 Å². The Hall–Kier alpha value is -3.93. The summed E-state index contributed by atoms with van der Waals surface area (Å²) in [5.41, 5.74) is 2.45. The molecule has 1 atom stereocenters. The Bertz CT molecular complexity index is 1500. The van der Waals surface area contributed by atoms with Crippen molar-refractivity contribution in [1.29, 1.82) is 0 Å². The van der Waals surface area contributed by atoms with E-state index in [1.165, 1.54) is 41.8 Å². The first-order chi connectivity index (χ1) is 17.2. The maximum absolute atomic E-state index is 12.5. The summed E-state index contributed by atoms with van der Waals surface area (Å²) in [7, 11) is -3.90. The predicted octanol–water partition coefficient (Wildman–Crippen LogP) is 5.51. The molecule has 0 aliphatic rings. The van der Waals surface area contributed by atoms with E-state index in [0.29, 0.717) is 21.9 Å². The van der Waals surface area contributed by atoms with Crippen molar-refractivity contribution in [2.24, 2.45) is 10.2 Å². The zero-order valence-corrected chi connectivity index (χ0v) is 21.0. The van der Waals surface area contributed by atoms with E-state index in [4.69, 9.17) is 4.74 Å². The maximum Gasteiger partial charge on any atom is 0.330 e. The second kappa shape index (κ2) is 10.8. The van der Waals surface area contributed by atoms with E-state index in [1.54, 1.807) is 36.4 Å². The molecular formula is C25H22N4O5S2. The van der Waals surface area contributed by atoms with Crippen LogP contribution >= 0.6 is 11.3 Å². The molecule has 1 heterocycles. The number of phenolic OH excluding ortho intramolecular Hbond substituents is 1. The van der Waals surface area contributed by atoms with Crippen molar-refractivity contribution in [2.75, 3.05) is 0 Å². The van der Waals surface area contributed by atoms with Crippen molar-refractivity contribution in [3.8, 4) is 22.2 Å². The average molecular weight is 523 g/mol. The first-order valence-corrected chi connectivity index (χ1v) is 13.1. The lowest BCUT2D eigenvalue weighted by molar-refractivity contribution is -0.136. The molecule has 4 rings (SSSR count). The summed E-state index contributed by atoms with van der Waals surface area (Å²) in [6.45, 7) is 3.24. The van der Waals surface area contributed by atoms with Gasteiger partial charge in [0.15, 0.2) is 0 Å². The fourth-order valence-electron chi connectivity index (χ4n) is 3.04. The van der Waals surface area contributed by atoms with Crippen molar-refractivity contribution < 1.29 is 23.1 Å². The molecule has 11 heteroatoms. The van der Waals surface area contributed by atoms with Gasteiger partial charge in [-0.25, -0.2) is 18.2 Å². The second-order valence-corrected chi connectivity index (χ2v) is 10.4. The normalized spacial score (nSPS) is 12.5. The van der Waals surface area contributed by atoms with E-state index in [0.717, 1.165) is 5.56 Å². The number of phenols is 1. The molecule has 9 nitrogen and oxygen atoms in total. The lowest BCUT2D eigenvalue weighted by Gasteiger charge is -2.12. The highest BCUT2D eigenvalue weighted by atomic mass is 32.2. The number of hydrogen-bond donors (Lipinski definition) is 2. The zero-order chi connectivity index (χ0) is 25.7. The number of aryl methyl sites for hydroxylation is 1. The van der Waals surface area contributed by atoms with Crippen LogP contribution in [-0.2, 0) is 14.8 Å². The summed E-state index contributed by atoms with van der Waals surface area (Å²) < 4.78 is 32.6. The Kier molecular flexibility index (Phi) is 7.53. The molecule has 0 fully saturated rings. The largest absolute Gasteiger partial charge is 0.506 e. The number of nitrogens with zero attached hydrogens (tertiary/aromatic N) is 3. The number of thiazole rings is 1. The van der Waals surface area contributed by atoms with E-state index in [9.17, 15) is 18.3 Å². The lowest BCUT2D eigenvalue weighted by Crippen LogP contribution is -2.40. The van der Waals surface area contributed by atoms with Crippen LogP contribution in [0.25, 0.3) is 10.6 Å². The Balaban J connectivity index is 1.40. The summed E-state index contributed by atoms with van der Waals surface area (Å²) in [6.07, 6.45) is 0. The molecule has 4 aromatic rings. The molecule has 0 bridgehead atoms. The Morgan fingerprint density at radius 1 is 1.06 bits per heavy atom. The molecule has 0 amide bonds. The number of nitrogens with one attached hydrogen (secondary N) is 1. The molecule has 0 saturated heterocycles. The Morgan fingerprint density at radius 2 is 1.78 bits per heavy atom. The third-order valence-electron chi connectivity index (χ3n) is 4.96. The molecule has 0 spiro atoms. The number of benzene rings is 3. The van der Waals surface area contributed by atoms with Gasteiger partial charge in [-0.15, -0.1) is 16.5 Å². The number of carbonyl (C=O) groups is 1. The molecule has 0 radical (unpaired) electrons. The average Bonchev–Trinajstić information content (AvgIpc) is 3.32. The Morgan fingerprint density at radius 3 is 2.47 bits per heavy atom. The molecule has 0 aliphatic heterocycles. The van der Waals surface area contributed by atoms with Crippen molar-refractivity contribution >= 4 is 38.7 Å². The summed E-state index contributed by atoms with van der Waals surface area (Å²) in [4.78, 5) is 16.8. The van der Waals surface area contributed by atoms with Gasteiger partial charge in [-0.1, -0.05) is 35.9 Å². The summed E-state index contributed by atoms with van der Waals surface area (Å²) in [6, 6.07) is 19.1. The molecule has 36 heavy (non-hydrogen) atoms. The number of hydrogen-bond acceptors (Lipinski definition) is 9. The number of ether oxygens (including phenoxy) is 1. The number of carbonyl (C=O) groups excluding carboxylic acids is 1. The van der Waals surface area contributed by atoms with Crippen molar-refractivity contribution in [2.45, 2.75) is 24.8 Å². The highest BCUT2D eigenvalue weighted by Crippen LogP contribution is 2.35. The van der Waals surface area contributed by atoms with Gasteiger partial charge in [-0.2, -0.15) is 9.84 Å². The minimum absolute atomic E-state index is 0.0220. The zero-order valence-electron chi connectivity index (χ0n) is 19.3. The fraction of sp³-hybridized carbons (Fsp3) is 0.120. The van der Waals surface area contributed by atoms with Crippen LogP contribution in [0, 0.1) is 6.92 Å². The molecule has 2 N–H and O–H groups in total. The van der Waals surface area contributed by atoms with Crippen LogP contribution in [0.3, 0.4) is 0 Å². The van der Waals surface area contributed by atoms with E-state index in [1.807, 2.05) is 25.1 Å². The van der Waals surface area contributed by atoms with Gasteiger partial charge in [0.05, 0.1) is 16.0 Å². The Labute approximate surface area is 212 Å². The topological polar surface area (TPSA) is 130 Å². The van der Waals surface area contributed by atoms with E-state index in [-0.39, 0.29) is 16.5 Å². The third kappa shape index (κ3) is 6.19. The predicted molar refractivity (Wildman–Crippen MR) is 136 cm³/mol. The van der Waals surface area contributed by atoms with Crippen molar-refractivity contribution in [1.82, 2.24) is 9.71 Å². The molecule has 0 unspecified atom stereocenters. The minimum atomic E-state index is -3.90. The van der Waals surface area contributed by atoms with Crippen LogP contribution in [0.1, 0.15) is 12.5 Å². The van der Waals surface area contributed by atoms with Crippen molar-refractivity contribution in [3.05, 3.63) is 83.7 Å². The van der Waals surface area contributed by atoms with Gasteiger partial charge in [0, 0.05) is 5.56 Å². The number of esters is 1. The van der Waals surface area contributed by atoms with Crippen LogP contribution in [-0.4, -0.2) is 30.5 Å². The smallest absolute Gasteiger partial charge is 0.330 e. The number of aromatic hydroxyl groups is 1. The van der Waals surface area contributed by atoms with Crippen LogP contribution in [0.4, 0.5) is 11.4 Å². The highest BCUT2D eigenvalue weighted by molar-refractivity contribution is 7.89. The summed E-state index contributed by atoms with van der Waals surface area (Å²) in [5.74, 6) is -0.865. The van der Waals surface area contributed by atoms with Gasteiger partial charge in [-0.05, 0) is 56.3 Å². The van der Waals surface area contributed by atoms with Crippen LogP contribution < -0.4 is 9.46 Å².